The molecule has 0 spiro atoms. The average molecular weight is 200 g/mol. The summed E-state index contributed by atoms with van der Waals surface area (Å²) in [6, 6.07) is 0.0436. The number of rotatable bonds is 5. The predicted octanol–water partition coefficient (Wildman–Crippen LogP) is 0.810. The number of amides is 2. The summed E-state index contributed by atoms with van der Waals surface area (Å²) in [7, 11) is 0. The molecule has 0 bridgehead atoms. The summed E-state index contributed by atoms with van der Waals surface area (Å²) >= 11 is 0. The quantitative estimate of drug-likeness (QED) is 0.690. The summed E-state index contributed by atoms with van der Waals surface area (Å²) < 4.78 is 0. The molecule has 0 atom stereocenters. The zero-order valence-corrected chi connectivity index (χ0v) is 9.05. The Morgan fingerprint density at radius 3 is 2.79 bits per heavy atom. The van der Waals surface area contributed by atoms with E-state index in [1.54, 1.807) is 0 Å². The van der Waals surface area contributed by atoms with Gasteiger partial charge in [-0.25, -0.2) is 4.79 Å². The van der Waals surface area contributed by atoms with Crippen LogP contribution in [0.3, 0.4) is 0 Å². The summed E-state index contributed by atoms with van der Waals surface area (Å²) in [4.78, 5) is 13.1. The van der Waals surface area contributed by atoms with Crippen LogP contribution in [0.25, 0.3) is 0 Å². The number of nitrogens with zero attached hydrogens (tertiary/aromatic N) is 1. The number of nitrogens with one attached hydrogen (secondary N) is 1. The second-order valence-corrected chi connectivity index (χ2v) is 4.64. The minimum absolute atomic E-state index is 0.0436. The van der Waals surface area contributed by atoms with Crippen LogP contribution in [-0.4, -0.2) is 42.3 Å². The van der Waals surface area contributed by atoms with E-state index < -0.39 is 0 Å². The van der Waals surface area contributed by atoms with Gasteiger partial charge in [-0.2, -0.15) is 0 Å². The first-order chi connectivity index (χ1) is 6.55. The molecule has 0 aromatic heterocycles. The molecule has 1 fully saturated rings. The third-order valence-electron chi connectivity index (χ3n) is 2.58. The van der Waals surface area contributed by atoms with Gasteiger partial charge < -0.3 is 15.3 Å². The minimum Gasteiger partial charge on any atom is -0.396 e. The average Bonchev–Trinajstić information content (AvgIpc) is 2.48. The fourth-order valence-corrected chi connectivity index (χ4v) is 1.82. The first kappa shape index (κ1) is 11.3. The van der Waals surface area contributed by atoms with Gasteiger partial charge in [0.15, 0.2) is 0 Å². The molecule has 1 heterocycles. The summed E-state index contributed by atoms with van der Waals surface area (Å²) in [6.07, 6.45) is 1.76. The second kappa shape index (κ2) is 4.64. The van der Waals surface area contributed by atoms with E-state index in [-0.39, 0.29) is 18.1 Å². The first-order valence-electron chi connectivity index (χ1n) is 5.19. The summed E-state index contributed by atoms with van der Waals surface area (Å²) in [5, 5.41) is 11.5. The number of carbonyl (C=O) groups excluding carboxylic acids is 1. The Bertz CT molecular complexity index is 204. The van der Waals surface area contributed by atoms with Gasteiger partial charge in [-0.05, 0) is 18.3 Å². The molecule has 2 amide bonds. The van der Waals surface area contributed by atoms with E-state index in [1.807, 2.05) is 4.90 Å². The Labute approximate surface area is 85.3 Å². The highest BCUT2D eigenvalue weighted by Crippen LogP contribution is 2.24. The summed E-state index contributed by atoms with van der Waals surface area (Å²) in [5.74, 6) is 0. The van der Waals surface area contributed by atoms with Crippen molar-refractivity contribution in [1.82, 2.24) is 10.2 Å². The lowest BCUT2D eigenvalue weighted by atomic mass is 9.87. The molecule has 0 unspecified atom stereocenters. The fraction of sp³-hybridized carbons (Fsp3) is 0.900. The minimum atomic E-state index is 0.0436. The Balaban J connectivity index is 2.37. The smallest absolute Gasteiger partial charge is 0.317 e. The van der Waals surface area contributed by atoms with Crippen LogP contribution in [0.4, 0.5) is 4.79 Å². The fourth-order valence-electron chi connectivity index (χ4n) is 1.82. The lowest BCUT2D eigenvalue weighted by molar-refractivity contribution is 0.173. The molecular weight excluding hydrogens is 180 g/mol. The molecule has 0 radical (unpaired) electrons. The van der Waals surface area contributed by atoms with E-state index in [4.69, 9.17) is 5.11 Å². The van der Waals surface area contributed by atoms with Crippen molar-refractivity contribution in [2.24, 2.45) is 5.41 Å². The molecule has 4 heteroatoms. The van der Waals surface area contributed by atoms with Crippen molar-refractivity contribution in [2.45, 2.75) is 26.7 Å². The Morgan fingerprint density at radius 1 is 1.57 bits per heavy atom. The van der Waals surface area contributed by atoms with E-state index in [0.717, 1.165) is 32.5 Å². The Kier molecular flexibility index (Phi) is 3.75. The van der Waals surface area contributed by atoms with Gasteiger partial charge in [-0.15, -0.1) is 0 Å². The number of urea groups is 1. The maximum atomic E-state index is 11.3. The van der Waals surface area contributed by atoms with Crippen molar-refractivity contribution >= 4 is 6.03 Å². The van der Waals surface area contributed by atoms with E-state index in [9.17, 15) is 4.79 Å². The van der Waals surface area contributed by atoms with Crippen LogP contribution in [0, 0.1) is 5.41 Å². The van der Waals surface area contributed by atoms with Crippen LogP contribution in [0.2, 0.25) is 0 Å². The van der Waals surface area contributed by atoms with Crippen LogP contribution in [0.1, 0.15) is 26.7 Å². The van der Waals surface area contributed by atoms with E-state index >= 15 is 0 Å². The van der Waals surface area contributed by atoms with Gasteiger partial charge >= 0.3 is 6.03 Å². The van der Waals surface area contributed by atoms with Gasteiger partial charge in [-0.1, -0.05) is 13.8 Å². The molecule has 0 aromatic rings. The molecule has 1 aliphatic heterocycles. The Hall–Kier alpha value is -0.770. The second-order valence-electron chi connectivity index (χ2n) is 4.64. The molecule has 14 heavy (non-hydrogen) atoms. The topological polar surface area (TPSA) is 52.6 Å². The maximum absolute atomic E-state index is 11.3. The third kappa shape index (κ3) is 3.18. The van der Waals surface area contributed by atoms with Crippen molar-refractivity contribution in [1.29, 1.82) is 0 Å². The van der Waals surface area contributed by atoms with Gasteiger partial charge in [0.25, 0.3) is 0 Å². The number of hydrogen-bond acceptors (Lipinski definition) is 2. The molecule has 1 aliphatic rings. The zero-order valence-electron chi connectivity index (χ0n) is 9.05. The van der Waals surface area contributed by atoms with Gasteiger partial charge in [0.05, 0.1) is 0 Å². The monoisotopic (exact) mass is 200 g/mol. The first-order valence-corrected chi connectivity index (χ1v) is 5.19. The van der Waals surface area contributed by atoms with Gasteiger partial charge in [0, 0.05) is 26.2 Å². The number of aliphatic hydroxyl groups excluding tert-OH is 1. The molecule has 4 nitrogen and oxygen atoms in total. The van der Waals surface area contributed by atoms with Gasteiger partial charge in [-0.3, -0.25) is 0 Å². The largest absolute Gasteiger partial charge is 0.396 e. The van der Waals surface area contributed by atoms with Crippen molar-refractivity contribution in [3.63, 3.8) is 0 Å². The summed E-state index contributed by atoms with van der Waals surface area (Å²) in [5.41, 5.74) is 0.102. The molecule has 1 saturated heterocycles. The molecule has 0 saturated carbocycles. The highest BCUT2D eigenvalue weighted by molar-refractivity contribution is 5.76. The van der Waals surface area contributed by atoms with Crippen LogP contribution >= 0.6 is 0 Å². The van der Waals surface area contributed by atoms with E-state index in [2.05, 4.69) is 19.2 Å². The van der Waals surface area contributed by atoms with Gasteiger partial charge in [0.1, 0.15) is 0 Å². The SMILES string of the molecule is CC(C)(CCCO)CN1CCNC1=O. The highest BCUT2D eigenvalue weighted by Gasteiger charge is 2.27. The number of carbonyl (C=O) groups is 1. The Morgan fingerprint density at radius 2 is 2.29 bits per heavy atom. The lowest BCUT2D eigenvalue weighted by Crippen LogP contribution is -2.36. The molecule has 0 aromatic carbocycles. The van der Waals surface area contributed by atoms with E-state index in [0.29, 0.717) is 0 Å². The van der Waals surface area contributed by atoms with Crippen molar-refractivity contribution in [3.8, 4) is 0 Å². The number of aliphatic hydroxyl groups is 1. The molecular formula is C10H20N2O2. The van der Waals surface area contributed by atoms with Crippen LogP contribution in [-0.2, 0) is 0 Å². The standard InChI is InChI=1S/C10H20N2O2/c1-10(2,4-3-7-13)8-12-6-5-11-9(12)14/h13H,3-8H2,1-2H3,(H,11,14). The van der Waals surface area contributed by atoms with Crippen molar-refractivity contribution in [2.75, 3.05) is 26.2 Å². The molecule has 1 rings (SSSR count). The van der Waals surface area contributed by atoms with Crippen LogP contribution < -0.4 is 5.32 Å². The zero-order chi connectivity index (χ0) is 10.6. The highest BCUT2D eigenvalue weighted by atomic mass is 16.3. The molecule has 2 N–H and O–H groups in total. The lowest BCUT2D eigenvalue weighted by Gasteiger charge is -2.29. The van der Waals surface area contributed by atoms with E-state index in [1.165, 1.54) is 0 Å². The van der Waals surface area contributed by atoms with Gasteiger partial charge in [0.2, 0.25) is 0 Å². The van der Waals surface area contributed by atoms with Crippen LogP contribution in [0.5, 0.6) is 0 Å². The number of hydrogen-bond donors (Lipinski definition) is 2. The third-order valence-corrected chi connectivity index (χ3v) is 2.58. The molecule has 0 aliphatic carbocycles. The predicted molar refractivity (Wildman–Crippen MR) is 55.1 cm³/mol. The van der Waals surface area contributed by atoms with Crippen LogP contribution in [0.15, 0.2) is 0 Å². The van der Waals surface area contributed by atoms with Crippen molar-refractivity contribution < 1.29 is 9.90 Å². The maximum Gasteiger partial charge on any atom is 0.317 e. The van der Waals surface area contributed by atoms with Crippen molar-refractivity contribution in [3.05, 3.63) is 0 Å². The molecule has 82 valence electrons. The normalized spacial score (nSPS) is 17.4. The summed E-state index contributed by atoms with van der Waals surface area (Å²) in [6.45, 7) is 6.84.